The quantitative estimate of drug-likeness (QED) is 0.553. The van der Waals surface area contributed by atoms with E-state index >= 15 is 0 Å². The summed E-state index contributed by atoms with van der Waals surface area (Å²) in [6.45, 7) is 7.85. The molecule has 0 atom stereocenters. The summed E-state index contributed by atoms with van der Waals surface area (Å²) in [4.78, 5) is 36.0. The lowest BCUT2D eigenvalue weighted by atomic mass is 10.2. The Kier molecular flexibility index (Phi) is 8.17. The maximum absolute atomic E-state index is 11.4. The van der Waals surface area contributed by atoms with Gasteiger partial charge in [-0.15, -0.1) is 0 Å². The Morgan fingerprint density at radius 2 is 2.08 bits per heavy atom. The lowest BCUT2D eigenvalue weighted by molar-refractivity contribution is -0.736. The van der Waals surface area contributed by atoms with Gasteiger partial charge in [-0.05, 0) is 19.4 Å². The Balaban J connectivity index is 0.00000151. The minimum absolute atomic E-state index is 0.166. The molecular formula is C16H23N4O5+. The molecule has 0 bridgehead atoms. The van der Waals surface area contributed by atoms with E-state index in [-0.39, 0.29) is 18.1 Å². The van der Waals surface area contributed by atoms with Crippen LogP contribution in [0, 0.1) is 11.8 Å². The van der Waals surface area contributed by atoms with Crippen LogP contribution in [0.5, 0.6) is 0 Å². The lowest BCUT2D eigenvalue weighted by Gasteiger charge is -1.98. The highest BCUT2D eigenvalue weighted by Crippen LogP contribution is 2.22. The Labute approximate surface area is 145 Å². The Hall–Kier alpha value is -2.84. The van der Waals surface area contributed by atoms with Crippen molar-refractivity contribution in [1.82, 2.24) is 15.1 Å². The fraction of sp³-hybridized carbons (Fsp3) is 0.500. The second-order valence-electron chi connectivity index (χ2n) is 4.62. The number of aromatic nitrogens is 3. The van der Waals surface area contributed by atoms with Crippen LogP contribution >= 0.6 is 0 Å². The zero-order valence-electron chi connectivity index (χ0n) is 15.1. The van der Waals surface area contributed by atoms with Gasteiger partial charge in [0.05, 0.1) is 17.9 Å². The number of rotatable bonds is 7. The molecule has 2 aromatic heterocycles. The topological polar surface area (TPSA) is 107 Å². The van der Waals surface area contributed by atoms with Crippen LogP contribution in [0.1, 0.15) is 38.6 Å². The monoisotopic (exact) mass is 351 g/mol. The lowest BCUT2D eigenvalue weighted by Crippen LogP contribution is -2.05. The summed E-state index contributed by atoms with van der Waals surface area (Å²) in [7, 11) is 1.27. The van der Waals surface area contributed by atoms with Crippen LogP contribution in [-0.2, 0) is 20.8 Å². The normalized spacial score (nSPS) is 9.80. The van der Waals surface area contributed by atoms with Crippen LogP contribution in [0.2, 0.25) is 0 Å². The average Bonchev–Trinajstić information content (AvgIpc) is 3.10. The molecule has 0 spiro atoms. The molecule has 0 radical (unpaired) electrons. The maximum atomic E-state index is 11.4. The number of carbonyl (C=O) groups is 1. The van der Waals surface area contributed by atoms with Crippen molar-refractivity contribution in [2.24, 2.45) is 0 Å². The molecule has 9 nitrogen and oxygen atoms in total. The minimum Gasteiger partial charge on any atom is -0.466 e. The molecule has 0 aliphatic carbocycles. The zero-order chi connectivity index (χ0) is 18.8. The van der Waals surface area contributed by atoms with E-state index in [2.05, 4.69) is 20.0 Å². The van der Waals surface area contributed by atoms with Crippen molar-refractivity contribution in [2.45, 2.75) is 40.5 Å². The molecule has 0 unspecified atom stereocenters. The predicted molar refractivity (Wildman–Crippen MR) is 88.9 cm³/mol. The van der Waals surface area contributed by atoms with Crippen LogP contribution < -0.4 is 0 Å². The van der Waals surface area contributed by atoms with E-state index in [0.717, 1.165) is 0 Å². The number of nitrogens with zero attached hydrogens (tertiary/aromatic N) is 4. The van der Waals surface area contributed by atoms with Gasteiger partial charge in [-0.1, -0.05) is 19.0 Å². The smallest absolute Gasteiger partial charge is 0.335 e. The molecule has 2 heterocycles. The second-order valence-corrected chi connectivity index (χ2v) is 4.62. The highest BCUT2D eigenvalue weighted by atomic mass is 16.8. The summed E-state index contributed by atoms with van der Waals surface area (Å²) in [5, 5.41) is 3.84. The standard InChI is InChI=1S/C14H17N4O5.C2H6/c1-4-22-12(19)6-5-11-16-14(17-23-11)13-9(2)7-10(8-15-13)18(20)21-3;1-2/h7-8H,4-6H2,1-3H3;1-2H3/q+1;. The van der Waals surface area contributed by atoms with Crippen molar-refractivity contribution in [3.63, 3.8) is 0 Å². The van der Waals surface area contributed by atoms with Gasteiger partial charge in [0, 0.05) is 12.5 Å². The van der Waals surface area contributed by atoms with Crippen molar-refractivity contribution in [2.75, 3.05) is 13.7 Å². The summed E-state index contributed by atoms with van der Waals surface area (Å²) in [5.74, 6) is 0.296. The molecule has 0 N–H and O–H groups in total. The summed E-state index contributed by atoms with van der Waals surface area (Å²) in [6.07, 6.45) is 1.81. The van der Waals surface area contributed by atoms with Gasteiger partial charge in [0.2, 0.25) is 11.7 Å². The van der Waals surface area contributed by atoms with Crippen LogP contribution in [0.25, 0.3) is 11.5 Å². The van der Waals surface area contributed by atoms with E-state index in [4.69, 9.17) is 9.26 Å². The number of pyridine rings is 1. The number of esters is 1. The van der Waals surface area contributed by atoms with Gasteiger partial charge in [0.15, 0.2) is 7.11 Å². The molecule has 0 fully saturated rings. The number of aryl methyl sites for hydroxylation is 2. The van der Waals surface area contributed by atoms with Crippen molar-refractivity contribution >= 4 is 11.7 Å². The maximum Gasteiger partial charge on any atom is 0.335 e. The molecule has 0 saturated heterocycles. The number of ether oxygens (including phenoxy) is 1. The fourth-order valence-electron chi connectivity index (χ4n) is 1.89. The first kappa shape index (κ1) is 20.2. The molecule has 2 aromatic rings. The first-order valence-corrected chi connectivity index (χ1v) is 8.01. The molecule has 0 aromatic carbocycles. The fourth-order valence-corrected chi connectivity index (χ4v) is 1.89. The molecule has 2 rings (SSSR count). The Bertz CT molecular complexity index is 714. The third-order valence-corrected chi connectivity index (χ3v) is 2.97. The van der Waals surface area contributed by atoms with E-state index < -0.39 is 0 Å². The molecule has 0 aliphatic rings. The zero-order valence-corrected chi connectivity index (χ0v) is 15.1. The highest BCUT2D eigenvalue weighted by Gasteiger charge is 2.19. The van der Waals surface area contributed by atoms with Crippen molar-refractivity contribution in [3.05, 3.63) is 28.6 Å². The van der Waals surface area contributed by atoms with E-state index in [0.29, 0.717) is 40.9 Å². The first-order chi connectivity index (χ1) is 12.0. The molecule has 9 heteroatoms. The first-order valence-electron chi connectivity index (χ1n) is 8.01. The van der Waals surface area contributed by atoms with Crippen LogP contribution in [-0.4, -0.2) is 39.7 Å². The Morgan fingerprint density at radius 3 is 2.68 bits per heavy atom. The van der Waals surface area contributed by atoms with E-state index in [1.165, 1.54) is 13.3 Å². The molecule has 0 saturated carbocycles. The van der Waals surface area contributed by atoms with Gasteiger partial charge in [-0.25, -0.2) is 9.82 Å². The molecule has 0 amide bonds. The molecule has 25 heavy (non-hydrogen) atoms. The van der Waals surface area contributed by atoms with Gasteiger partial charge in [-0.2, -0.15) is 4.98 Å². The predicted octanol–water partition coefficient (Wildman–Crippen LogP) is 2.93. The third kappa shape index (κ3) is 5.63. The number of hydrogen-bond acceptors (Lipinski definition) is 8. The summed E-state index contributed by atoms with van der Waals surface area (Å²) >= 11 is 0. The third-order valence-electron chi connectivity index (χ3n) is 2.97. The van der Waals surface area contributed by atoms with Crippen molar-refractivity contribution in [3.8, 4) is 11.5 Å². The van der Waals surface area contributed by atoms with Gasteiger partial charge in [0.25, 0.3) is 4.92 Å². The minimum atomic E-state index is -0.319. The summed E-state index contributed by atoms with van der Waals surface area (Å²) in [5.41, 5.74) is 1.45. The highest BCUT2D eigenvalue weighted by molar-refractivity contribution is 5.69. The van der Waals surface area contributed by atoms with Gasteiger partial charge >= 0.3 is 11.7 Å². The van der Waals surface area contributed by atoms with Gasteiger partial charge < -0.3 is 9.26 Å². The largest absolute Gasteiger partial charge is 0.466 e. The molecular weight excluding hydrogens is 328 g/mol. The van der Waals surface area contributed by atoms with Crippen molar-refractivity contribution < 1.29 is 23.8 Å². The van der Waals surface area contributed by atoms with Crippen molar-refractivity contribution in [1.29, 1.82) is 0 Å². The van der Waals surface area contributed by atoms with Gasteiger partial charge in [0.1, 0.15) is 11.9 Å². The van der Waals surface area contributed by atoms with Crippen LogP contribution in [0.3, 0.4) is 0 Å². The second kappa shape index (κ2) is 10.1. The summed E-state index contributed by atoms with van der Waals surface area (Å²) in [6, 6.07) is 1.60. The number of hydrogen-bond donors (Lipinski definition) is 0. The van der Waals surface area contributed by atoms with Crippen LogP contribution in [0.4, 0.5) is 5.69 Å². The van der Waals surface area contributed by atoms with E-state index in [1.807, 2.05) is 13.8 Å². The molecule has 136 valence electrons. The SMILES string of the molecule is CC.CCOC(=O)CCc1nc(-c2ncc([N+](=O)OC)cc2C)no1. The summed E-state index contributed by atoms with van der Waals surface area (Å²) < 4.78 is 9.93. The molecule has 0 aliphatic heterocycles. The van der Waals surface area contributed by atoms with E-state index in [1.54, 1.807) is 19.9 Å². The van der Waals surface area contributed by atoms with E-state index in [9.17, 15) is 9.70 Å². The van der Waals surface area contributed by atoms with Crippen LogP contribution in [0.15, 0.2) is 16.8 Å². The average molecular weight is 351 g/mol. The number of carbonyl (C=O) groups excluding carboxylic acids is 1. The van der Waals surface area contributed by atoms with Gasteiger partial charge in [-0.3, -0.25) is 4.79 Å². The Morgan fingerprint density at radius 1 is 1.36 bits per heavy atom.